The Hall–Kier alpha value is -1.13. The fourth-order valence-electron chi connectivity index (χ4n) is 1.87. The molecule has 1 aromatic heterocycles. The zero-order chi connectivity index (χ0) is 10.7. The first kappa shape index (κ1) is 10.4. The maximum atomic E-state index is 9.14. The lowest BCUT2D eigenvalue weighted by Crippen LogP contribution is -2.36. The Labute approximate surface area is 89.5 Å². The Morgan fingerprint density at radius 3 is 2.87 bits per heavy atom. The number of morpholine rings is 1. The average Bonchev–Trinajstić information content (AvgIpc) is 2.30. The zero-order valence-electron chi connectivity index (χ0n) is 8.94. The standard InChI is InChI=1S/C11H16N2O2/c1-9-10(8-14)12-3-2-11(9)13-4-6-15-7-5-13/h2-3,14H,4-8H2,1H3. The van der Waals surface area contributed by atoms with E-state index in [1.807, 2.05) is 13.0 Å². The molecule has 2 rings (SSSR count). The van der Waals surface area contributed by atoms with Crippen LogP contribution in [0.1, 0.15) is 11.3 Å². The Bertz CT molecular complexity index is 335. The highest BCUT2D eigenvalue weighted by Gasteiger charge is 2.14. The first-order chi connectivity index (χ1) is 7.33. The number of rotatable bonds is 2. The molecule has 0 atom stereocenters. The lowest BCUT2D eigenvalue weighted by Gasteiger charge is -2.30. The van der Waals surface area contributed by atoms with Crippen molar-refractivity contribution in [2.45, 2.75) is 13.5 Å². The molecule has 2 heterocycles. The number of aliphatic hydroxyl groups is 1. The molecule has 0 amide bonds. The fraction of sp³-hybridized carbons (Fsp3) is 0.545. The number of aromatic nitrogens is 1. The average molecular weight is 208 g/mol. The highest BCUT2D eigenvalue weighted by Crippen LogP contribution is 2.22. The molecule has 1 aliphatic rings. The second kappa shape index (κ2) is 4.59. The topological polar surface area (TPSA) is 45.6 Å². The molecular formula is C11H16N2O2. The molecule has 0 spiro atoms. The van der Waals surface area contributed by atoms with Crippen LogP contribution < -0.4 is 4.90 Å². The third-order valence-corrected chi connectivity index (χ3v) is 2.78. The Morgan fingerprint density at radius 1 is 1.47 bits per heavy atom. The lowest BCUT2D eigenvalue weighted by atomic mass is 10.1. The monoisotopic (exact) mass is 208 g/mol. The molecule has 0 unspecified atom stereocenters. The summed E-state index contributed by atoms with van der Waals surface area (Å²) in [5, 5.41) is 9.14. The Balaban J connectivity index is 2.26. The Kier molecular flexibility index (Phi) is 3.18. The molecule has 82 valence electrons. The maximum Gasteiger partial charge on any atom is 0.0856 e. The van der Waals surface area contributed by atoms with Gasteiger partial charge in [0.25, 0.3) is 0 Å². The molecule has 0 saturated carbocycles. The van der Waals surface area contributed by atoms with Crippen molar-refractivity contribution in [2.24, 2.45) is 0 Å². The molecule has 1 fully saturated rings. The summed E-state index contributed by atoms with van der Waals surface area (Å²) in [4.78, 5) is 6.42. The zero-order valence-corrected chi connectivity index (χ0v) is 8.94. The first-order valence-electron chi connectivity index (χ1n) is 5.21. The van der Waals surface area contributed by atoms with Gasteiger partial charge >= 0.3 is 0 Å². The van der Waals surface area contributed by atoms with Crippen molar-refractivity contribution < 1.29 is 9.84 Å². The van der Waals surface area contributed by atoms with Gasteiger partial charge in [-0.2, -0.15) is 0 Å². The van der Waals surface area contributed by atoms with Gasteiger partial charge in [0.2, 0.25) is 0 Å². The number of pyridine rings is 1. The van der Waals surface area contributed by atoms with E-state index in [0.29, 0.717) is 0 Å². The number of hydrogen-bond acceptors (Lipinski definition) is 4. The summed E-state index contributed by atoms with van der Waals surface area (Å²) in [6.45, 7) is 5.38. The second-order valence-corrected chi connectivity index (χ2v) is 3.66. The van der Waals surface area contributed by atoms with E-state index in [4.69, 9.17) is 9.84 Å². The summed E-state index contributed by atoms with van der Waals surface area (Å²) >= 11 is 0. The van der Waals surface area contributed by atoms with Gasteiger partial charge in [-0.15, -0.1) is 0 Å². The number of hydrogen-bond donors (Lipinski definition) is 1. The van der Waals surface area contributed by atoms with Crippen LogP contribution >= 0.6 is 0 Å². The van der Waals surface area contributed by atoms with Gasteiger partial charge in [-0.25, -0.2) is 0 Å². The van der Waals surface area contributed by atoms with Gasteiger partial charge in [-0.3, -0.25) is 4.98 Å². The number of ether oxygens (including phenoxy) is 1. The van der Waals surface area contributed by atoms with Gasteiger partial charge < -0.3 is 14.7 Å². The molecule has 0 aliphatic carbocycles. The summed E-state index contributed by atoms with van der Waals surface area (Å²) in [7, 11) is 0. The molecule has 1 N–H and O–H groups in total. The highest BCUT2D eigenvalue weighted by atomic mass is 16.5. The minimum absolute atomic E-state index is 0.00398. The van der Waals surface area contributed by atoms with Crippen molar-refractivity contribution in [3.8, 4) is 0 Å². The predicted octanol–water partition coefficient (Wildman–Crippen LogP) is 0.719. The third-order valence-electron chi connectivity index (χ3n) is 2.78. The van der Waals surface area contributed by atoms with Crippen LogP contribution in [0.3, 0.4) is 0 Å². The predicted molar refractivity (Wildman–Crippen MR) is 57.9 cm³/mol. The van der Waals surface area contributed by atoms with Crippen LogP contribution in [-0.4, -0.2) is 36.4 Å². The molecule has 0 bridgehead atoms. The van der Waals surface area contributed by atoms with Crippen molar-refractivity contribution in [3.05, 3.63) is 23.5 Å². The molecule has 0 radical (unpaired) electrons. The summed E-state index contributed by atoms with van der Waals surface area (Å²) < 4.78 is 5.31. The van der Waals surface area contributed by atoms with Crippen molar-refractivity contribution in [2.75, 3.05) is 31.2 Å². The molecule has 1 saturated heterocycles. The van der Waals surface area contributed by atoms with Crippen LogP contribution in [0.5, 0.6) is 0 Å². The molecule has 0 aromatic carbocycles. The normalized spacial score (nSPS) is 16.8. The van der Waals surface area contributed by atoms with E-state index in [-0.39, 0.29) is 6.61 Å². The van der Waals surface area contributed by atoms with E-state index in [9.17, 15) is 0 Å². The van der Waals surface area contributed by atoms with Gasteiger partial charge in [0.15, 0.2) is 0 Å². The summed E-state index contributed by atoms with van der Waals surface area (Å²) in [6.07, 6.45) is 1.75. The number of anilines is 1. The third kappa shape index (κ3) is 2.11. The smallest absolute Gasteiger partial charge is 0.0856 e. The van der Waals surface area contributed by atoms with Crippen LogP contribution in [0.25, 0.3) is 0 Å². The van der Waals surface area contributed by atoms with Gasteiger partial charge in [0.05, 0.1) is 25.5 Å². The largest absolute Gasteiger partial charge is 0.390 e. The van der Waals surface area contributed by atoms with Crippen LogP contribution in [-0.2, 0) is 11.3 Å². The van der Waals surface area contributed by atoms with Crippen molar-refractivity contribution in [3.63, 3.8) is 0 Å². The van der Waals surface area contributed by atoms with E-state index in [1.165, 1.54) is 0 Å². The molecule has 1 aromatic rings. The van der Waals surface area contributed by atoms with Crippen LogP contribution in [0, 0.1) is 6.92 Å². The summed E-state index contributed by atoms with van der Waals surface area (Å²) in [6, 6.07) is 2.00. The molecule has 4 nitrogen and oxygen atoms in total. The summed E-state index contributed by atoms with van der Waals surface area (Å²) in [5.41, 5.74) is 3.00. The molecule has 15 heavy (non-hydrogen) atoms. The molecule has 1 aliphatic heterocycles. The van der Waals surface area contributed by atoms with Crippen molar-refractivity contribution >= 4 is 5.69 Å². The fourth-order valence-corrected chi connectivity index (χ4v) is 1.87. The summed E-state index contributed by atoms with van der Waals surface area (Å²) in [5.74, 6) is 0. The van der Waals surface area contributed by atoms with Crippen molar-refractivity contribution in [1.29, 1.82) is 0 Å². The van der Waals surface area contributed by atoms with Crippen molar-refractivity contribution in [1.82, 2.24) is 4.98 Å². The van der Waals surface area contributed by atoms with E-state index >= 15 is 0 Å². The van der Waals surface area contributed by atoms with E-state index in [0.717, 1.165) is 43.2 Å². The van der Waals surface area contributed by atoms with E-state index < -0.39 is 0 Å². The van der Waals surface area contributed by atoms with E-state index in [2.05, 4.69) is 9.88 Å². The van der Waals surface area contributed by atoms with E-state index in [1.54, 1.807) is 6.20 Å². The van der Waals surface area contributed by atoms with Crippen LogP contribution in [0.4, 0.5) is 5.69 Å². The minimum Gasteiger partial charge on any atom is -0.390 e. The SMILES string of the molecule is Cc1c(N2CCOCC2)ccnc1CO. The van der Waals surface area contributed by atoms with Crippen LogP contribution in [0.15, 0.2) is 12.3 Å². The number of aliphatic hydroxyl groups excluding tert-OH is 1. The first-order valence-corrected chi connectivity index (χ1v) is 5.21. The lowest BCUT2D eigenvalue weighted by molar-refractivity contribution is 0.122. The highest BCUT2D eigenvalue weighted by molar-refractivity contribution is 5.54. The molecule has 4 heteroatoms. The minimum atomic E-state index is 0.00398. The van der Waals surface area contributed by atoms with Gasteiger partial charge in [0, 0.05) is 25.0 Å². The quantitative estimate of drug-likeness (QED) is 0.778. The van der Waals surface area contributed by atoms with Gasteiger partial charge in [-0.05, 0) is 18.6 Å². The maximum absolute atomic E-state index is 9.14. The molecular weight excluding hydrogens is 192 g/mol. The van der Waals surface area contributed by atoms with Gasteiger partial charge in [0.1, 0.15) is 0 Å². The Morgan fingerprint density at radius 2 is 2.20 bits per heavy atom. The second-order valence-electron chi connectivity index (χ2n) is 3.66. The number of nitrogens with zero attached hydrogens (tertiary/aromatic N) is 2. The van der Waals surface area contributed by atoms with Crippen LogP contribution in [0.2, 0.25) is 0 Å². The van der Waals surface area contributed by atoms with Gasteiger partial charge in [-0.1, -0.05) is 0 Å².